The fourth-order valence-corrected chi connectivity index (χ4v) is 3.33. The Balaban J connectivity index is 1.84. The number of cyclic esters (lactones) is 1. The zero-order valence-corrected chi connectivity index (χ0v) is 15.1. The summed E-state index contributed by atoms with van der Waals surface area (Å²) in [5.74, 6) is -0.581. The van der Waals surface area contributed by atoms with E-state index in [9.17, 15) is 20.1 Å². The maximum atomic E-state index is 12.2. The molecule has 0 aromatic heterocycles. The molecule has 1 heterocycles. The van der Waals surface area contributed by atoms with Gasteiger partial charge in [0.25, 0.3) is 0 Å². The predicted molar refractivity (Wildman–Crippen MR) is 96.1 cm³/mol. The zero-order valence-electron chi connectivity index (χ0n) is 15.1. The number of carbonyl (C=O) groups is 1. The average molecular weight is 374 g/mol. The fraction of sp³-hybridized carbons (Fsp3) is 0.350. The molecule has 0 unspecified atom stereocenters. The number of aliphatic hydroxyl groups is 1. The monoisotopic (exact) mass is 374 g/mol. The summed E-state index contributed by atoms with van der Waals surface area (Å²) in [7, 11) is 3.09. The molecule has 2 atom stereocenters. The quantitative estimate of drug-likeness (QED) is 0.523. The number of phenols is 2. The first-order valence-corrected chi connectivity index (χ1v) is 8.48. The van der Waals surface area contributed by atoms with Crippen LogP contribution in [0.15, 0.2) is 36.4 Å². The average Bonchev–Trinajstić information content (AvgIpc) is 2.92. The summed E-state index contributed by atoms with van der Waals surface area (Å²) in [5, 5.41) is 30.1. The minimum Gasteiger partial charge on any atom is -0.504 e. The lowest BCUT2D eigenvalue weighted by atomic mass is 9.81. The minimum atomic E-state index is -1.73. The highest BCUT2D eigenvalue weighted by Gasteiger charge is 2.51. The van der Waals surface area contributed by atoms with Gasteiger partial charge in [0.15, 0.2) is 28.6 Å². The van der Waals surface area contributed by atoms with Crippen molar-refractivity contribution in [2.75, 3.05) is 20.8 Å². The van der Waals surface area contributed by atoms with E-state index < -0.39 is 17.5 Å². The van der Waals surface area contributed by atoms with Gasteiger partial charge in [0.1, 0.15) is 0 Å². The smallest absolute Gasteiger partial charge is 0.338 e. The molecule has 0 bridgehead atoms. The van der Waals surface area contributed by atoms with E-state index in [0.717, 1.165) is 5.56 Å². The molecular weight excluding hydrogens is 352 g/mol. The molecule has 0 aliphatic carbocycles. The molecule has 1 fully saturated rings. The number of aromatic hydroxyl groups is 2. The topological polar surface area (TPSA) is 105 Å². The van der Waals surface area contributed by atoms with E-state index in [1.54, 1.807) is 25.3 Å². The maximum absolute atomic E-state index is 12.2. The molecule has 0 saturated carbocycles. The first-order valence-electron chi connectivity index (χ1n) is 8.48. The van der Waals surface area contributed by atoms with Crippen LogP contribution in [0.3, 0.4) is 0 Å². The van der Waals surface area contributed by atoms with E-state index in [1.807, 2.05) is 6.07 Å². The molecule has 1 aliphatic heterocycles. The molecular formula is C20H22O7. The van der Waals surface area contributed by atoms with Crippen LogP contribution in [0.25, 0.3) is 0 Å². The number of methoxy groups -OCH3 is 2. The third-order valence-corrected chi connectivity index (χ3v) is 4.89. The van der Waals surface area contributed by atoms with Crippen LogP contribution >= 0.6 is 0 Å². The van der Waals surface area contributed by atoms with Crippen molar-refractivity contribution >= 4 is 5.97 Å². The third-order valence-electron chi connectivity index (χ3n) is 4.89. The van der Waals surface area contributed by atoms with Crippen molar-refractivity contribution < 1.29 is 34.3 Å². The van der Waals surface area contributed by atoms with Gasteiger partial charge in [-0.3, -0.25) is 0 Å². The van der Waals surface area contributed by atoms with Gasteiger partial charge in [-0.05, 0) is 41.8 Å². The fourth-order valence-electron chi connectivity index (χ4n) is 3.33. The standard InChI is InChI=1S/C20H22O7/c1-25-17-6-4-12(9-18(17)26-2)7-14-11-27-19(23)20(14,24)10-13-3-5-15(21)16(22)8-13/h3-6,8-9,14,21-22,24H,7,10-11H2,1-2H3/t14-,20-/m0/s1. The number of ether oxygens (including phenoxy) is 3. The van der Waals surface area contributed by atoms with Gasteiger partial charge < -0.3 is 29.5 Å². The molecule has 144 valence electrons. The van der Waals surface area contributed by atoms with E-state index in [2.05, 4.69) is 0 Å². The van der Waals surface area contributed by atoms with Crippen LogP contribution in [-0.4, -0.2) is 47.7 Å². The van der Waals surface area contributed by atoms with Crippen molar-refractivity contribution in [3.05, 3.63) is 47.5 Å². The Bertz CT molecular complexity index is 848. The second kappa shape index (κ2) is 7.36. The van der Waals surface area contributed by atoms with E-state index in [-0.39, 0.29) is 24.5 Å². The molecule has 7 heteroatoms. The normalized spacial score (nSPS) is 21.7. The lowest BCUT2D eigenvalue weighted by Gasteiger charge is -2.25. The van der Waals surface area contributed by atoms with Crippen molar-refractivity contribution in [3.8, 4) is 23.0 Å². The van der Waals surface area contributed by atoms with Crippen LogP contribution in [0.4, 0.5) is 0 Å². The lowest BCUT2D eigenvalue weighted by Crippen LogP contribution is -2.44. The Morgan fingerprint density at radius 3 is 2.41 bits per heavy atom. The second-order valence-corrected chi connectivity index (χ2v) is 6.61. The zero-order chi connectivity index (χ0) is 19.6. The van der Waals surface area contributed by atoms with Crippen molar-refractivity contribution in [2.24, 2.45) is 5.92 Å². The number of benzene rings is 2. The van der Waals surface area contributed by atoms with Crippen molar-refractivity contribution in [2.45, 2.75) is 18.4 Å². The van der Waals surface area contributed by atoms with Crippen molar-refractivity contribution in [1.29, 1.82) is 0 Å². The highest BCUT2D eigenvalue weighted by molar-refractivity contribution is 5.82. The van der Waals surface area contributed by atoms with Crippen LogP contribution in [-0.2, 0) is 22.4 Å². The summed E-state index contributed by atoms with van der Waals surface area (Å²) in [6, 6.07) is 9.60. The Morgan fingerprint density at radius 2 is 1.74 bits per heavy atom. The van der Waals surface area contributed by atoms with Crippen molar-refractivity contribution in [1.82, 2.24) is 0 Å². The van der Waals surface area contributed by atoms with Gasteiger partial charge >= 0.3 is 5.97 Å². The van der Waals surface area contributed by atoms with Gasteiger partial charge in [-0.15, -0.1) is 0 Å². The van der Waals surface area contributed by atoms with Gasteiger partial charge in [0.2, 0.25) is 0 Å². The molecule has 3 N–H and O–H groups in total. The summed E-state index contributed by atoms with van der Waals surface area (Å²) in [6.45, 7) is 0.0910. The predicted octanol–water partition coefficient (Wildman–Crippen LogP) is 1.80. The van der Waals surface area contributed by atoms with Crippen LogP contribution in [0.2, 0.25) is 0 Å². The van der Waals surface area contributed by atoms with Gasteiger partial charge in [-0.1, -0.05) is 12.1 Å². The van der Waals surface area contributed by atoms with Crippen LogP contribution < -0.4 is 9.47 Å². The molecule has 2 aromatic carbocycles. The number of phenolic OH excluding ortho intramolecular Hbond substituents is 2. The number of carbonyl (C=O) groups excluding carboxylic acids is 1. The summed E-state index contributed by atoms with van der Waals surface area (Å²) < 4.78 is 15.6. The summed E-state index contributed by atoms with van der Waals surface area (Å²) >= 11 is 0. The van der Waals surface area contributed by atoms with E-state index in [4.69, 9.17) is 14.2 Å². The third kappa shape index (κ3) is 3.64. The molecule has 0 spiro atoms. The molecule has 3 rings (SSSR count). The first-order chi connectivity index (χ1) is 12.9. The Hall–Kier alpha value is -2.93. The maximum Gasteiger partial charge on any atom is 0.338 e. The molecule has 7 nitrogen and oxygen atoms in total. The Labute approximate surface area is 156 Å². The molecule has 1 aliphatic rings. The summed E-state index contributed by atoms with van der Waals surface area (Å²) in [5.41, 5.74) is -0.344. The number of hydrogen-bond acceptors (Lipinski definition) is 7. The van der Waals surface area contributed by atoms with E-state index >= 15 is 0 Å². The van der Waals surface area contributed by atoms with Gasteiger partial charge in [0, 0.05) is 12.3 Å². The Kier molecular flexibility index (Phi) is 5.14. The molecule has 0 radical (unpaired) electrons. The van der Waals surface area contributed by atoms with Crippen molar-refractivity contribution in [3.63, 3.8) is 0 Å². The lowest BCUT2D eigenvalue weighted by molar-refractivity contribution is -0.154. The second-order valence-electron chi connectivity index (χ2n) is 6.61. The highest BCUT2D eigenvalue weighted by Crippen LogP contribution is 2.36. The molecule has 27 heavy (non-hydrogen) atoms. The Morgan fingerprint density at radius 1 is 1.04 bits per heavy atom. The van der Waals surface area contributed by atoms with Gasteiger partial charge in [0.05, 0.1) is 20.8 Å². The van der Waals surface area contributed by atoms with Crippen LogP contribution in [0, 0.1) is 5.92 Å². The van der Waals surface area contributed by atoms with Gasteiger partial charge in [-0.25, -0.2) is 4.79 Å². The number of rotatable bonds is 6. The van der Waals surface area contributed by atoms with E-state index in [0.29, 0.717) is 23.5 Å². The largest absolute Gasteiger partial charge is 0.504 e. The molecule has 0 amide bonds. The number of hydrogen-bond donors (Lipinski definition) is 3. The van der Waals surface area contributed by atoms with Gasteiger partial charge in [-0.2, -0.15) is 0 Å². The van der Waals surface area contributed by atoms with E-state index in [1.165, 1.54) is 19.2 Å². The van der Waals surface area contributed by atoms with Crippen LogP contribution in [0.5, 0.6) is 23.0 Å². The molecule has 2 aromatic rings. The number of esters is 1. The molecule has 1 saturated heterocycles. The summed E-state index contributed by atoms with van der Waals surface area (Å²) in [4.78, 5) is 12.2. The minimum absolute atomic E-state index is 0.0301. The summed E-state index contributed by atoms with van der Waals surface area (Å²) in [6.07, 6.45) is 0.365. The first kappa shape index (κ1) is 18.8. The van der Waals surface area contributed by atoms with Crippen LogP contribution in [0.1, 0.15) is 11.1 Å². The highest BCUT2D eigenvalue weighted by atomic mass is 16.6. The SMILES string of the molecule is COc1ccc(C[C@H]2COC(=O)[C@]2(O)Cc2ccc(O)c(O)c2)cc1OC.